The molecule has 0 aliphatic heterocycles. The van der Waals surface area contributed by atoms with E-state index in [9.17, 15) is 14.7 Å². The zero-order valence-corrected chi connectivity index (χ0v) is 16.2. The van der Waals surface area contributed by atoms with Crippen molar-refractivity contribution in [3.05, 3.63) is 87.6 Å². The predicted molar refractivity (Wildman–Crippen MR) is 107 cm³/mol. The van der Waals surface area contributed by atoms with Gasteiger partial charge in [-0.2, -0.15) is 0 Å². The molecule has 0 radical (unpaired) electrons. The largest absolute Gasteiger partial charge is 0.507 e. The second kappa shape index (κ2) is 9.05. The summed E-state index contributed by atoms with van der Waals surface area (Å²) < 4.78 is 10.7. The van der Waals surface area contributed by atoms with Crippen molar-refractivity contribution in [1.82, 2.24) is 9.97 Å². The van der Waals surface area contributed by atoms with Gasteiger partial charge in [0.1, 0.15) is 18.1 Å². The second-order valence-corrected chi connectivity index (χ2v) is 6.56. The van der Waals surface area contributed by atoms with Crippen molar-refractivity contribution in [2.45, 2.75) is 25.9 Å². The van der Waals surface area contributed by atoms with Crippen LogP contribution >= 0.6 is 0 Å². The molecule has 3 aromatic rings. The number of aryl methyl sites for hydroxylation is 1. The van der Waals surface area contributed by atoms with Crippen LogP contribution in [-0.2, 0) is 16.1 Å². The summed E-state index contributed by atoms with van der Waals surface area (Å²) in [6.07, 6.45) is 1.55. The molecule has 29 heavy (non-hydrogen) atoms. The zero-order valence-electron chi connectivity index (χ0n) is 16.2. The van der Waals surface area contributed by atoms with Crippen molar-refractivity contribution in [1.29, 1.82) is 0 Å². The number of esters is 1. The van der Waals surface area contributed by atoms with Gasteiger partial charge < -0.3 is 19.6 Å². The Hall–Kier alpha value is -3.61. The molecule has 7 nitrogen and oxygen atoms in total. The number of carbonyl (C=O) groups is 1. The lowest BCUT2D eigenvalue weighted by Crippen LogP contribution is -2.21. The van der Waals surface area contributed by atoms with Crippen LogP contribution in [0.5, 0.6) is 11.5 Å². The molecule has 150 valence electrons. The number of hydrogen-bond acceptors (Lipinski definition) is 6. The summed E-state index contributed by atoms with van der Waals surface area (Å²) in [7, 11) is 1.28. The first-order valence-corrected chi connectivity index (χ1v) is 9.10. The molecule has 0 saturated carbocycles. The van der Waals surface area contributed by atoms with Gasteiger partial charge >= 0.3 is 5.97 Å². The van der Waals surface area contributed by atoms with Crippen LogP contribution < -0.4 is 10.3 Å². The number of carbonyl (C=O) groups excluding carboxylic acids is 1. The van der Waals surface area contributed by atoms with Crippen LogP contribution in [0.25, 0.3) is 0 Å². The Labute approximate surface area is 168 Å². The summed E-state index contributed by atoms with van der Waals surface area (Å²) in [5, 5.41) is 10.5. The number of H-pyrrole nitrogens is 1. The standard InChI is InChI=1S/C22H22N2O5/c1-14-11-18(25)21(22(27)24-14)17(12-20(26)28-2)16-8-3-4-9-19(16)29-13-15-7-5-6-10-23-15/h3-11,17H,12-13H2,1-2H3,(H2,24,25,27)/t17-/m0/s1. The minimum Gasteiger partial charge on any atom is -0.507 e. The van der Waals surface area contributed by atoms with E-state index in [1.165, 1.54) is 13.2 Å². The van der Waals surface area contributed by atoms with E-state index in [2.05, 4.69) is 9.97 Å². The summed E-state index contributed by atoms with van der Waals surface area (Å²) in [5.41, 5.74) is 1.49. The van der Waals surface area contributed by atoms with E-state index in [-0.39, 0.29) is 24.3 Å². The number of aromatic nitrogens is 2. The Morgan fingerprint density at radius 1 is 1.21 bits per heavy atom. The third kappa shape index (κ3) is 4.82. The van der Waals surface area contributed by atoms with Gasteiger partial charge in [0.05, 0.1) is 24.8 Å². The molecule has 0 fully saturated rings. The summed E-state index contributed by atoms with van der Waals surface area (Å²) in [6, 6.07) is 14.1. The minimum atomic E-state index is -0.744. The number of para-hydroxylation sites is 1. The maximum Gasteiger partial charge on any atom is 0.306 e. The number of nitrogens with one attached hydrogen (secondary N) is 1. The molecule has 2 aromatic heterocycles. The maximum atomic E-state index is 12.6. The average Bonchev–Trinajstić information content (AvgIpc) is 2.71. The minimum absolute atomic E-state index is 0.0925. The monoisotopic (exact) mass is 394 g/mol. The van der Waals surface area contributed by atoms with Gasteiger partial charge in [0.25, 0.3) is 5.56 Å². The third-order valence-electron chi connectivity index (χ3n) is 4.53. The van der Waals surface area contributed by atoms with Crippen LogP contribution in [-0.4, -0.2) is 28.2 Å². The highest BCUT2D eigenvalue weighted by Crippen LogP contribution is 2.37. The first-order valence-electron chi connectivity index (χ1n) is 9.10. The Morgan fingerprint density at radius 2 is 1.97 bits per heavy atom. The van der Waals surface area contributed by atoms with Crippen molar-refractivity contribution in [2.24, 2.45) is 0 Å². The lowest BCUT2D eigenvalue weighted by molar-refractivity contribution is -0.140. The van der Waals surface area contributed by atoms with Crippen LogP contribution in [0, 0.1) is 6.92 Å². The molecule has 2 N–H and O–H groups in total. The number of rotatable bonds is 7. The van der Waals surface area contributed by atoms with Crippen molar-refractivity contribution < 1.29 is 19.4 Å². The van der Waals surface area contributed by atoms with E-state index in [1.54, 1.807) is 37.4 Å². The van der Waals surface area contributed by atoms with Gasteiger partial charge in [-0.05, 0) is 31.2 Å². The van der Waals surface area contributed by atoms with Crippen molar-refractivity contribution in [3.63, 3.8) is 0 Å². The Kier molecular flexibility index (Phi) is 6.29. The van der Waals surface area contributed by atoms with Gasteiger partial charge in [-0.3, -0.25) is 14.6 Å². The lowest BCUT2D eigenvalue weighted by atomic mass is 9.88. The quantitative estimate of drug-likeness (QED) is 0.597. The molecule has 0 aliphatic rings. The van der Waals surface area contributed by atoms with Gasteiger partial charge in [0.2, 0.25) is 0 Å². The van der Waals surface area contributed by atoms with Crippen molar-refractivity contribution in [3.8, 4) is 11.5 Å². The van der Waals surface area contributed by atoms with Gasteiger partial charge in [-0.15, -0.1) is 0 Å². The van der Waals surface area contributed by atoms with Crippen LogP contribution in [0.4, 0.5) is 0 Å². The fourth-order valence-electron chi connectivity index (χ4n) is 3.17. The molecule has 0 spiro atoms. The maximum absolute atomic E-state index is 12.6. The number of aromatic amines is 1. The molecule has 0 unspecified atom stereocenters. The number of methoxy groups -OCH3 is 1. The highest BCUT2D eigenvalue weighted by Gasteiger charge is 2.27. The second-order valence-electron chi connectivity index (χ2n) is 6.56. The molecule has 1 aromatic carbocycles. The number of benzene rings is 1. The van der Waals surface area contributed by atoms with Gasteiger partial charge in [-0.1, -0.05) is 24.3 Å². The molecule has 7 heteroatoms. The zero-order chi connectivity index (χ0) is 20.8. The predicted octanol–water partition coefficient (Wildman–Crippen LogP) is 3.06. The molecule has 0 bridgehead atoms. The summed E-state index contributed by atoms with van der Waals surface area (Å²) in [6.45, 7) is 1.89. The molecule has 2 heterocycles. The van der Waals surface area contributed by atoms with Crippen LogP contribution in [0.2, 0.25) is 0 Å². The van der Waals surface area contributed by atoms with E-state index < -0.39 is 17.4 Å². The molecule has 3 rings (SSSR count). The smallest absolute Gasteiger partial charge is 0.306 e. The highest BCUT2D eigenvalue weighted by molar-refractivity contribution is 5.72. The van der Waals surface area contributed by atoms with Crippen molar-refractivity contribution >= 4 is 5.97 Å². The fraction of sp³-hybridized carbons (Fsp3) is 0.227. The van der Waals surface area contributed by atoms with Gasteiger partial charge in [0.15, 0.2) is 0 Å². The summed E-state index contributed by atoms with van der Waals surface area (Å²) >= 11 is 0. The topological polar surface area (TPSA) is 102 Å². The van der Waals surface area contributed by atoms with Crippen LogP contribution in [0.1, 0.15) is 34.9 Å². The Morgan fingerprint density at radius 3 is 2.66 bits per heavy atom. The highest BCUT2D eigenvalue weighted by atomic mass is 16.5. The van der Waals surface area contributed by atoms with E-state index >= 15 is 0 Å². The van der Waals surface area contributed by atoms with E-state index in [0.29, 0.717) is 17.0 Å². The molecule has 0 amide bonds. The van der Waals surface area contributed by atoms with Crippen LogP contribution in [0.3, 0.4) is 0 Å². The molecule has 0 aliphatic carbocycles. The lowest BCUT2D eigenvalue weighted by Gasteiger charge is -2.20. The number of aromatic hydroxyl groups is 1. The molecule has 0 saturated heterocycles. The fourth-order valence-corrected chi connectivity index (χ4v) is 3.17. The molecule has 1 atom stereocenters. The molecular formula is C22H22N2O5. The number of hydrogen-bond donors (Lipinski definition) is 2. The average molecular weight is 394 g/mol. The van der Waals surface area contributed by atoms with Gasteiger partial charge in [-0.25, -0.2) is 0 Å². The summed E-state index contributed by atoms with van der Waals surface area (Å²) in [5.74, 6) is -0.938. The first kappa shape index (κ1) is 20.1. The Balaban J connectivity index is 2.03. The number of nitrogens with zero attached hydrogens (tertiary/aromatic N) is 1. The van der Waals surface area contributed by atoms with Gasteiger partial charge in [0, 0.05) is 23.4 Å². The normalized spacial score (nSPS) is 11.7. The molecular weight excluding hydrogens is 372 g/mol. The van der Waals surface area contributed by atoms with Crippen molar-refractivity contribution in [2.75, 3.05) is 7.11 Å². The number of pyridine rings is 2. The third-order valence-corrected chi connectivity index (χ3v) is 4.53. The van der Waals surface area contributed by atoms with E-state index in [4.69, 9.17) is 9.47 Å². The van der Waals surface area contributed by atoms with E-state index in [0.717, 1.165) is 5.69 Å². The van der Waals surface area contributed by atoms with E-state index in [1.807, 2.05) is 18.2 Å². The summed E-state index contributed by atoms with van der Waals surface area (Å²) in [4.78, 5) is 31.6. The number of ether oxygens (including phenoxy) is 2. The SMILES string of the molecule is COC(=O)C[C@@H](c1ccccc1OCc1ccccn1)c1c(O)cc(C)[nH]c1=O. The van der Waals surface area contributed by atoms with Crippen LogP contribution in [0.15, 0.2) is 59.5 Å². The first-order chi connectivity index (χ1) is 14.0. The Bertz CT molecular complexity index is 1050.